The highest BCUT2D eigenvalue weighted by atomic mass is 15.1. The van der Waals surface area contributed by atoms with Crippen molar-refractivity contribution in [2.75, 3.05) is 0 Å². The minimum atomic E-state index is 0.302. The lowest BCUT2D eigenvalue weighted by molar-refractivity contribution is 0.264. The average molecular weight is 235 g/mol. The maximum absolute atomic E-state index is 6.30. The maximum atomic E-state index is 6.30. The van der Waals surface area contributed by atoms with Crippen molar-refractivity contribution in [2.45, 2.75) is 64.5 Å². The van der Waals surface area contributed by atoms with Crippen LogP contribution in [0.25, 0.3) is 0 Å². The topological polar surface area (TPSA) is 43.8 Å². The van der Waals surface area contributed by atoms with Gasteiger partial charge in [-0.25, -0.2) is 4.98 Å². The zero-order valence-electron chi connectivity index (χ0n) is 11.1. The molecule has 1 saturated carbocycles. The predicted molar refractivity (Wildman–Crippen MR) is 70.9 cm³/mol. The second-order valence-corrected chi connectivity index (χ2v) is 5.31. The van der Waals surface area contributed by atoms with Crippen molar-refractivity contribution in [3.05, 3.63) is 18.2 Å². The van der Waals surface area contributed by atoms with Gasteiger partial charge >= 0.3 is 0 Å². The van der Waals surface area contributed by atoms with Gasteiger partial charge in [-0.1, -0.05) is 19.8 Å². The summed E-state index contributed by atoms with van der Waals surface area (Å²) in [5, 5.41) is 0. The third kappa shape index (κ3) is 2.71. The van der Waals surface area contributed by atoms with Gasteiger partial charge in [0, 0.05) is 30.9 Å². The molecule has 1 heterocycles. The SMILES string of the molecule is CCCC1CCC(N)C(c2nccn2CC)C1. The first kappa shape index (κ1) is 12.6. The monoisotopic (exact) mass is 235 g/mol. The van der Waals surface area contributed by atoms with Gasteiger partial charge in [0.1, 0.15) is 5.82 Å². The van der Waals surface area contributed by atoms with Crippen molar-refractivity contribution in [3.8, 4) is 0 Å². The van der Waals surface area contributed by atoms with Crippen molar-refractivity contribution in [1.82, 2.24) is 9.55 Å². The van der Waals surface area contributed by atoms with Crippen LogP contribution in [0.5, 0.6) is 0 Å². The molecule has 17 heavy (non-hydrogen) atoms. The Morgan fingerprint density at radius 1 is 1.41 bits per heavy atom. The number of aromatic nitrogens is 2. The lowest BCUT2D eigenvalue weighted by atomic mass is 9.76. The van der Waals surface area contributed by atoms with Crippen LogP contribution in [-0.2, 0) is 6.54 Å². The van der Waals surface area contributed by atoms with E-state index in [1.807, 2.05) is 6.20 Å². The molecule has 0 aromatic carbocycles. The summed E-state index contributed by atoms with van der Waals surface area (Å²) in [6, 6.07) is 0.302. The van der Waals surface area contributed by atoms with E-state index in [1.165, 1.54) is 31.5 Å². The Kier molecular flexibility index (Phi) is 4.21. The molecule has 1 aliphatic rings. The van der Waals surface area contributed by atoms with Gasteiger partial charge in [-0.15, -0.1) is 0 Å². The molecule has 0 aliphatic heterocycles. The molecule has 0 spiro atoms. The average Bonchev–Trinajstić information content (AvgIpc) is 2.80. The molecule has 3 nitrogen and oxygen atoms in total. The lowest BCUT2D eigenvalue weighted by Gasteiger charge is -2.33. The summed E-state index contributed by atoms with van der Waals surface area (Å²) in [4.78, 5) is 4.54. The van der Waals surface area contributed by atoms with Gasteiger partial charge in [-0.05, 0) is 32.1 Å². The molecule has 0 amide bonds. The Morgan fingerprint density at radius 3 is 2.94 bits per heavy atom. The van der Waals surface area contributed by atoms with Gasteiger partial charge in [-0.3, -0.25) is 0 Å². The highest BCUT2D eigenvalue weighted by molar-refractivity contribution is 5.06. The first-order valence-corrected chi connectivity index (χ1v) is 7.02. The van der Waals surface area contributed by atoms with Crippen LogP contribution in [0, 0.1) is 5.92 Å². The molecule has 2 N–H and O–H groups in total. The summed E-state index contributed by atoms with van der Waals surface area (Å²) in [5.41, 5.74) is 6.30. The van der Waals surface area contributed by atoms with Crippen LogP contribution in [-0.4, -0.2) is 15.6 Å². The maximum Gasteiger partial charge on any atom is 0.113 e. The first-order valence-electron chi connectivity index (χ1n) is 7.02. The molecule has 1 aliphatic carbocycles. The quantitative estimate of drug-likeness (QED) is 0.872. The van der Waals surface area contributed by atoms with Gasteiger partial charge in [0.2, 0.25) is 0 Å². The van der Waals surface area contributed by atoms with Crippen molar-refractivity contribution in [2.24, 2.45) is 11.7 Å². The van der Waals surface area contributed by atoms with Gasteiger partial charge in [0.05, 0.1) is 0 Å². The molecule has 1 aromatic heterocycles. The minimum Gasteiger partial charge on any atom is -0.335 e. The van der Waals surface area contributed by atoms with Gasteiger partial charge in [-0.2, -0.15) is 0 Å². The van der Waals surface area contributed by atoms with Crippen LogP contribution >= 0.6 is 0 Å². The molecule has 0 saturated heterocycles. The van der Waals surface area contributed by atoms with Crippen LogP contribution in [0.1, 0.15) is 57.7 Å². The summed E-state index contributed by atoms with van der Waals surface area (Å²) in [7, 11) is 0. The standard InChI is InChI=1S/C14H25N3/c1-3-5-11-6-7-13(15)12(10-11)14-16-8-9-17(14)4-2/h8-9,11-13H,3-7,10,15H2,1-2H3. The number of aryl methyl sites for hydroxylation is 1. The van der Waals surface area contributed by atoms with Crippen LogP contribution < -0.4 is 5.73 Å². The van der Waals surface area contributed by atoms with Crippen molar-refractivity contribution in [3.63, 3.8) is 0 Å². The number of hydrogen-bond donors (Lipinski definition) is 1. The highest BCUT2D eigenvalue weighted by Gasteiger charge is 2.31. The van der Waals surface area contributed by atoms with Crippen LogP contribution in [0.4, 0.5) is 0 Å². The Bertz CT molecular complexity index is 345. The molecule has 1 fully saturated rings. The summed E-state index contributed by atoms with van der Waals surface area (Å²) in [5.74, 6) is 2.53. The van der Waals surface area contributed by atoms with E-state index >= 15 is 0 Å². The van der Waals surface area contributed by atoms with Crippen molar-refractivity contribution >= 4 is 0 Å². The molecule has 3 heteroatoms. The van der Waals surface area contributed by atoms with E-state index in [4.69, 9.17) is 5.73 Å². The highest BCUT2D eigenvalue weighted by Crippen LogP contribution is 2.36. The lowest BCUT2D eigenvalue weighted by Crippen LogP contribution is -2.36. The fraction of sp³-hybridized carbons (Fsp3) is 0.786. The Morgan fingerprint density at radius 2 is 2.24 bits per heavy atom. The molecular formula is C14H25N3. The molecule has 0 radical (unpaired) electrons. The number of imidazole rings is 1. The summed E-state index contributed by atoms with van der Waals surface area (Å²) < 4.78 is 2.25. The predicted octanol–water partition coefficient (Wildman–Crippen LogP) is 2.91. The third-order valence-electron chi connectivity index (χ3n) is 4.13. The second kappa shape index (κ2) is 5.67. The van der Waals surface area contributed by atoms with Crippen LogP contribution in [0.3, 0.4) is 0 Å². The van der Waals surface area contributed by atoms with Gasteiger partial charge in [0.25, 0.3) is 0 Å². The first-order chi connectivity index (χ1) is 8.26. The normalized spacial score (nSPS) is 29.5. The number of nitrogens with zero attached hydrogens (tertiary/aromatic N) is 2. The van der Waals surface area contributed by atoms with Crippen molar-refractivity contribution in [1.29, 1.82) is 0 Å². The smallest absolute Gasteiger partial charge is 0.113 e. The van der Waals surface area contributed by atoms with Gasteiger partial charge in [0.15, 0.2) is 0 Å². The Labute approximate surface area is 104 Å². The van der Waals surface area contributed by atoms with Gasteiger partial charge < -0.3 is 10.3 Å². The largest absolute Gasteiger partial charge is 0.335 e. The van der Waals surface area contributed by atoms with Crippen LogP contribution in [0.15, 0.2) is 12.4 Å². The molecule has 1 aromatic rings. The third-order valence-corrected chi connectivity index (χ3v) is 4.13. The van der Waals surface area contributed by atoms with E-state index in [-0.39, 0.29) is 0 Å². The molecule has 3 unspecified atom stereocenters. The van der Waals surface area contributed by atoms with E-state index in [0.717, 1.165) is 18.9 Å². The van der Waals surface area contributed by atoms with E-state index in [0.29, 0.717) is 12.0 Å². The zero-order chi connectivity index (χ0) is 12.3. The van der Waals surface area contributed by atoms with E-state index < -0.39 is 0 Å². The van der Waals surface area contributed by atoms with Crippen molar-refractivity contribution < 1.29 is 0 Å². The molecule has 0 bridgehead atoms. The summed E-state index contributed by atoms with van der Waals surface area (Å²) in [6.07, 6.45) is 10.3. The Balaban J connectivity index is 2.12. The Hall–Kier alpha value is -0.830. The second-order valence-electron chi connectivity index (χ2n) is 5.31. The summed E-state index contributed by atoms with van der Waals surface area (Å²) >= 11 is 0. The van der Waals surface area contributed by atoms with E-state index in [1.54, 1.807) is 0 Å². The molecule has 2 rings (SSSR count). The molecule has 3 atom stereocenters. The summed E-state index contributed by atoms with van der Waals surface area (Å²) in [6.45, 7) is 5.44. The number of hydrogen-bond acceptors (Lipinski definition) is 2. The van der Waals surface area contributed by atoms with E-state index in [2.05, 4.69) is 29.6 Å². The molecular weight excluding hydrogens is 210 g/mol. The molecule has 96 valence electrons. The minimum absolute atomic E-state index is 0.302. The number of nitrogens with two attached hydrogens (primary N) is 1. The van der Waals surface area contributed by atoms with Crippen LogP contribution in [0.2, 0.25) is 0 Å². The zero-order valence-corrected chi connectivity index (χ0v) is 11.1. The van der Waals surface area contributed by atoms with E-state index in [9.17, 15) is 0 Å². The fourth-order valence-electron chi connectivity index (χ4n) is 3.17. The fourth-order valence-corrected chi connectivity index (χ4v) is 3.17. The number of rotatable bonds is 4.